The summed E-state index contributed by atoms with van der Waals surface area (Å²) in [6.45, 7) is 1.63. The lowest BCUT2D eigenvalue weighted by molar-refractivity contribution is -0.137. The molecular formula is C13H13BrN2O4. The molecule has 0 fully saturated rings. The lowest BCUT2D eigenvalue weighted by Crippen LogP contribution is -2.35. The number of aromatic nitrogens is 1. The number of amides is 1. The quantitative estimate of drug-likeness (QED) is 0.846. The van der Waals surface area contributed by atoms with Crippen LogP contribution >= 0.6 is 15.9 Å². The van der Waals surface area contributed by atoms with E-state index < -0.39 is 6.10 Å². The fraction of sp³-hybridized carbons (Fsp3) is 0.231. The van der Waals surface area contributed by atoms with Crippen molar-refractivity contribution in [1.82, 2.24) is 10.6 Å². The van der Waals surface area contributed by atoms with Crippen LogP contribution < -0.4 is 10.2 Å². The normalized spacial score (nSPS) is 11.9. The minimum absolute atomic E-state index is 0.376. The Bertz CT molecular complexity index is 586. The molecule has 1 aromatic heterocycles. The van der Waals surface area contributed by atoms with Crippen LogP contribution in [0.15, 0.2) is 39.5 Å². The number of halogens is 1. The molecule has 0 aliphatic heterocycles. The van der Waals surface area contributed by atoms with Gasteiger partial charge in [0, 0.05) is 10.5 Å². The number of benzene rings is 1. The van der Waals surface area contributed by atoms with Gasteiger partial charge in [-0.1, -0.05) is 21.1 Å². The van der Waals surface area contributed by atoms with Crippen molar-refractivity contribution in [2.75, 3.05) is 7.11 Å². The van der Waals surface area contributed by atoms with Crippen molar-refractivity contribution in [1.29, 1.82) is 0 Å². The Hall–Kier alpha value is -1.86. The van der Waals surface area contributed by atoms with Crippen molar-refractivity contribution in [3.63, 3.8) is 0 Å². The summed E-state index contributed by atoms with van der Waals surface area (Å²) >= 11 is 3.38. The molecule has 0 spiro atoms. The Balaban J connectivity index is 2.26. The molecule has 1 aromatic carbocycles. The third-order valence-electron chi connectivity index (χ3n) is 2.52. The number of carbonyl (C=O) groups excluding carboxylic acids is 1. The summed E-state index contributed by atoms with van der Waals surface area (Å²) in [6.07, 6.45) is 0.832. The second-order valence-electron chi connectivity index (χ2n) is 3.95. The Kier molecular flexibility index (Phi) is 4.75. The maximum atomic E-state index is 11.6. The van der Waals surface area contributed by atoms with Gasteiger partial charge in [0.05, 0.1) is 18.9 Å². The number of nitrogens with one attached hydrogen (secondary N) is 1. The molecule has 0 bridgehead atoms. The molecule has 0 radical (unpaired) electrons. The van der Waals surface area contributed by atoms with Gasteiger partial charge in [-0.15, -0.1) is 0 Å². The van der Waals surface area contributed by atoms with E-state index in [1.807, 2.05) is 12.1 Å². The van der Waals surface area contributed by atoms with Crippen molar-refractivity contribution >= 4 is 21.8 Å². The van der Waals surface area contributed by atoms with Crippen LogP contribution in [-0.2, 0) is 9.63 Å². The van der Waals surface area contributed by atoms with E-state index in [0.29, 0.717) is 17.1 Å². The lowest BCUT2D eigenvalue weighted by atomic mass is 10.1. The van der Waals surface area contributed by atoms with Gasteiger partial charge in [0.25, 0.3) is 5.91 Å². The predicted octanol–water partition coefficient (Wildman–Crippen LogP) is 2.55. The molecule has 7 heteroatoms. The summed E-state index contributed by atoms with van der Waals surface area (Å²) in [5, 5.41) is 3.67. The van der Waals surface area contributed by atoms with Crippen molar-refractivity contribution in [2.24, 2.45) is 0 Å². The van der Waals surface area contributed by atoms with Crippen LogP contribution in [0, 0.1) is 0 Å². The number of rotatable bonds is 5. The van der Waals surface area contributed by atoms with Gasteiger partial charge in [-0.2, -0.15) is 0 Å². The van der Waals surface area contributed by atoms with Crippen molar-refractivity contribution in [3.05, 3.63) is 34.9 Å². The monoisotopic (exact) mass is 340 g/mol. The standard InChI is InChI=1S/C13H13BrN2O4/c1-8(13(17)16-18-2)19-11-4-3-9(14)7-10(11)12-5-6-15-20-12/h3-8H,1-2H3,(H,16,17). The summed E-state index contributed by atoms with van der Waals surface area (Å²) in [6, 6.07) is 7.11. The van der Waals surface area contributed by atoms with E-state index in [0.717, 1.165) is 4.47 Å². The van der Waals surface area contributed by atoms with E-state index in [9.17, 15) is 4.79 Å². The molecule has 1 unspecified atom stereocenters. The zero-order valence-corrected chi connectivity index (χ0v) is 12.5. The highest BCUT2D eigenvalue weighted by atomic mass is 79.9. The molecule has 1 atom stereocenters. The summed E-state index contributed by atoms with van der Waals surface area (Å²) in [5.41, 5.74) is 2.92. The van der Waals surface area contributed by atoms with Crippen molar-refractivity contribution < 1.29 is 18.9 Å². The van der Waals surface area contributed by atoms with Gasteiger partial charge < -0.3 is 9.26 Å². The molecule has 106 valence electrons. The summed E-state index contributed by atoms with van der Waals surface area (Å²) in [4.78, 5) is 16.2. The second-order valence-corrected chi connectivity index (χ2v) is 4.86. The molecule has 1 amide bonds. The number of hydroxylamine groups is 1. The number of carbonyl (C=O) groups is 1. The van der Waals surface area contributed by atoms with Gasteiger partial charge >= 0.3 is 0 Å². The van der Waals surface area contributed by atoms with Gasteiger partial charge in [-0.3, -0.25) is 9.63 Å². The first kappa shape index (κ1) is 14.5. The molecule has 1 heterocycles. The predicted molar refractivity (Wildman–Crippen MR) is 74.9 cm³/mol. The molecule has 1 N–H and O–H groups in total. The fourth-order valence-corrected chi connectivity index (χ4v) is 1.94. The van der Waals surface area contributed by atoms with Gasteiger partial charge in [-0.25, -0.2) is 5.48 Å². The first-order chi connectivity index (χ1) is 9.61. The molecule has 20 heavy (non-hydrogen) atoms. The van der Waals surface area contributed by atoms with E-state index in [-0.39, 0.29) is 5.91 Å². The molecule has 0 aliphatic carbocycles. The molecule has 2 aromatic rings. The van der Waals surface area contributed by atoms with Gasteiger partial charge in [-0.05, 0) is 25.1 Å². The van der Waals surface area contributed by atoms with Crippen molar-refractivity contribution in [2.45, 2.75) is 13.0 Å². The third-order valence-corrected chi connectivity index (χ3v) is 3.01. The average molecular weight is 341 g/mol. The fourth-order valence-electron chi connectivity index (χ4n) is 1.58. The highest BCUT2D eigenvalue weighted by Gasteiger charge is 2.18. The molecule has 0 saturated heterocycles. The van der Waals surface area contributed by atoms with Crippen LogP contribution in [0.2, 0.25) is 0 Å². The number of hydrogen-bond acceptors (Lipinski definition) is 5. The first-order valence-corrected chi connectivity index (χ1v) is 6.61. The molecular weight excluding hydrogens is 328 g/mol. The Labute approximate surface area is 124 Å². The largest absolute Gasteiger partial charge is 0.480 e. The number of nitrogens with zero attached hydrogens (tertiary/aromatic N) is 1. The van der Waals surface area contributed by atoms with E-state index in [2.05, 4.69) is 31.4 Å². The van der Waals surface area contributed by atoms with Crippen LogP contribution in [0.1, 0.15) is 6.92 Å². The minimum Gasteiger partial charge on any atom is -0.480 e. The van der Waals surface area contributed by atoms with Gasteiger partial charge in [0.15, 0.2) is 11.9 Å². The molecule has 0 saturated carbocycles. The minimum atomic E-state index is -0.710. The van der Waals surface area contributed by atoms with E-state index in [4.69, 9.17) is 9.26 Å². The SMILES string of the molecule is CONC(=O)C(C)Oc1ccc(Br)cc1-c1ccno1. The van der Waals surface area contributed by atoms with Gasteiger partial charge in [0.2, 0.25) is 0 Å². The Morgan fingerprint density at radius 1 is 1.45 bits per heavy atom. The highest BCUT2D eigenvalue weighted by Crippen LogP contribution is 2.33. The summed E-state index contributed by atoms with van der Waals surface area (Å²) in [7, 11) is 1.37. The van der Waals surface area contributed by atoms with Crippen LogP contribution in [0.3, 0.4) is 0 Å². The third kappa shape index (κ3) is 3.37. The lowest BCUT2D eigenvalue weighted by Gasteiger charge is -2.15. The highest BCUT2D eigenvalue weighted by molar-refractivity contribution is 9.10. The zero-order chi connectivity index (χ0) is 14.5. The smallest absolute Gasteiger partial charge is 0.284 e. The van der Waals surface area contributed by atoms with Crippen LogP contribution in [0.25, 0.3) is 11.3 Å². The van der Waals surface area contributed by atoms with Crippen LogP contribution in [-0.4, -0.2) is 24.3 Å². The summed E-state index contributed by atoms with van der Waals surface area (Å²) in [5.74, 6) is 0.697. The second kappa shape index (κ2) is 6.53. The number of ether oxygens (including phenoxy) is 1. The number of hydrogen-bond donors (Lipinski definition) is 1. The van der Waals surface area contributed by atoms with E-state index in [1.54, 1.807) is 25.3 Å². The first-order valence-electron chi connectivity index (χ1n) is 5.82. The Morgan fingerprint density at radius 2 is 2.25 bits per heavy atom. The Morgan fingerprint density at radius 3 is 2.90 bits per heavy atom. The average Bonchev–Trinajstić information content (AvgIpc) is 2.95. The maximum absolute atomic E-state index is 11.6. The van der Waals surface area contributed by atoms with Crippen LogP contribution in [0.5, 0.6) is 5.75 Å². The van der Waals surface area contributed by atoms with Crippen molar-refractivity contribution in [3.8, 4) is 17.1 Å². The van der Waals surface area contributed by atoms with E-state index >= 15 is 0 Å². The molecule has 2 rings (SSSR count). The summed E-state index contributed by atoms with van der Waals surface area (Å²) < 4.78 is 11.6. The zero-order valence-electron chi connectivity index (χ0n) is 10.9. The molecule has 0 aliphatic rings. The topological polar surface area (TPSA) is 73.6 Å². The molecule has 6 nitrogen and oxygen atoms in total. The van der Waals surface area contributed by atoms with Crippen LogP contribution in [0.4, 0.5) is 0 Å². The van der Waals surface area contributed by atoms with Gasteiger partial charge in [0.1, 0.15) is 5.75 Å². The maximum Gasteiger partial charge on any atom is 0.284 e. The van der Waals surface area contributed by atoms with E-state index in [1.165, 1.54) is 7.11 Å².